The van der Waals surface area contributed by atoms with E-state index in [4.69, 9.17) is 11.6 Å². The Morgan fingerprint density at radius 3 is 2.26 bits per heavy atom. The number of carbonyl (C=O) groups excluding carboxylic acids is 1. The summed E-state index contributed by atoms with van der Waals surface area (Å²) in [5.41, 5.74) is 2.84. The second-order valence-electron chi connectivity index (χ2n) is 5.81. The zero-order valence-electron chi connectivity index (χ0n) is 14.2. The van der Waals surface area contributed by atoms with Crippen molar-refractivity contribution in [2.75, 3.05) is 5.32 Å². The van der Waals surface area contributed by atoms with E-state index in [1.807, 2.05) is 30.3 Å². The fraction of sp³-hybridized carbons (Fsp3) is 0. The third-order valence-corrected chi connectivity index (χ3v) is 4.16. The van der Waals surface area contributed by atoms with Gasteiger partial charge in [-0.1, -0.05) is 60.1 Å². The molecule has 0 heterocycles. The molecule has 0 atom stereocenters. The van der Waals surface area contributed by atoms with Gasteiger partial charge < -0.3 is 10.4 Å². The van der Waals surface area contributed by atoms with E-state index in [-0.39, 0.29) is 11.3 Å². The topological polar surface area (TPSA) is 66.4 Å². The molecule has 134 valence electrons. The molecular formula is C22H16ClNO3. The van der Waals surface area contributed by atoms with Crippen molar-refractivity contribution in [2.24, 2.45) is 0 Å². The van der Waals surface area contributed by atoms with Crippen LogP contribution in [0.1, 0.15) is 15.9 Å². The molecule has 0 fully saturated rings. The molecule has 3 aromatic carbocycles. The largest absolute Gasteiger partial charge is 0.478 e. The molecule has 0 aliphatic rings. The van der Waals surface area contributed by atoms with Gasteiger partial charge in [0.15, 0.2) is 0 Å². The number of aromatic carboxylic acids is 1. The van der Waals surface area contributed by atoms with Gasteiger partial charge in [-0.3, -0.25) is 4.79 Å². The Kier molecular flexibility index (Phi) is 5.69. The zero-order valence-corrected chi connectivity index (χ0v) is 15.0. The number of carboxylic acid groups (broad SMARTS) is 1. The van der Waals surface area contributed by atoms with Crippen LogP contribution in [0.2, 0.25) is 5.02 Å². The molecule has 3 rings (SSSR count). The standard InChI is InChI=1S/C22H16ClNO3/c23-18-10-6-15(7-11-18)8-13-21(25)24-20-14-17(9-12-19(20)22(26)27)16-4-2-1-3-5-16/h1-14H,(H,24,25)(H,26,27)/b13-8+. The molecular weight excluding hydrogens is 362 g/mol. The Labute approximate surface area is 161 Å². The van der Waals surface area contributed by atoms with Crippen molar-refractivity contribution in [3.63, 3.8) is 0 Å². The molecule has 0 spiro atoms. The van der Waals surface area contributed by atoms with E-state index in [0.717, 1.165) is 16.7 Å². The second kappa shape index (κ2) is 8.34. The van der Waals surface area contributed by atoms with Gasteiger partial charge in [0.25, 0.3) is 0 Å². The maximum atomic E-state index is 12.3. The van der Waals surface area contributed by atoms with Crippen molar-refractivity contribution >= 4 is 35.2 Å². The quantitative estimate of drug-likeness (QED) is 0.588. The molecule has 0 saturated heterocycles. The fourth-order valence-corrected chi connectivity index (χ4v) is 2.69. The predicted octanol–water partition coefficient (Wildman–Crippen LogP) is 5.36. The normalized spacial score (nSPS) is 10.7. The van der Waals surface area contributed by atoms with Crippen molar-refractivity contribution in [1.82, 2.24) is 0 Å². The van der Waals surface area contributed by atoms with Gasteiger partial charge in [0.2, 0.25) is 5.91 Å². The summed E-state index contributed by atoms with van der Waals surface area (Å²) in [6.07, 6.45) is 2.98. The first-order valence-electron chi connectivity index (χ1n) is 8.20. The number of carbonyl (C=O) groups is 2. The average molecular weight is 378 g/mol. The lowest BCUT2D eigenvalue weighted by molar-refractivity contribution is -0.111. The van der Waals surface area contributed by atoms with Crippen LogP contribution in [0.25, 0.3) is 17.2 Å². The van der Waals surface area contributed by atoms with Gasteiger partial charge in [-0.25, -0.2) is 4.79 Å². The third kappa shape index (κ3) is 4.84. The summed E-state index contributed by atoms with van der Waals surface area (Å²) in [5.74, 6) is -1.52. The maximum Gasteiger partial charge on any atom is 0.337 e. The number of carboxylic acids is 1. The fourth-order valence-electron chi connectivity index (χ4n) is 2.56. The molecule has 0 aromatic heterocycles. The van der Waals surface area contributed by atoms with Crippen molar-refractivity contribution in [2.45, 2.75) is 0 Å². The predicted molar refractivity (Wildman–Crippen MR) is 108 cm³/mol. The number of nitrogens with one attached hydrogen (secondary N) is 1. The van der Waals surface area contributed by atoms with Crippen LogP contribution in [0.4, 0.5) is 5.69 Å². The van der Waals surface area contributed by atoms with E-state index < -0.39 is 11.9 Å². The van der Waals surface area contributed by atoms with Gasteiger partial charge >= 0.3 is 5.97 Å². The molecule has 0 aliphatic heterocycles. The number of hydrogen-bond donors (Lipinski definition) is 2. The minimum Gasteiger partial charge on any atom is -0.478 e. The van der Waals surface area contributed by atoms with Gasteiger partial charge in [-0.15, -0.1) is 0 Å². The lowest BCUT2D eigenvalue weighted by Crippen LogP contribution is -2.12. The molecule has 27 heavy (non-hydrogen) atoms. The molecule has 4 nitrogen and oxygen atoms in total. The van der Waals surface area contributed by atoms with Gasteiger partial charge in [-0.05, 0) is 47.0 Å². The van der Waals surface area contributed by atoms with Crippen LogP contribution in [-0.2, 0) is 4.79 Å². The molecule has 0 bridgehead atoms. The first kappa shape index (κ1) is 18.4. The van der Waals surface area contributed by atoms with Crippen molar-refractivity contribution in [3.8, 4) is 11.1 Å². The zero-order chi connectivity index (χ0) is 19.2. The number of hydrogen-bond acceptors (Lipinski definition) is 2. The third-order valence-electron chi connectivity index (χ3n) is 3.91. The lowest BCUT2D eigenvalue weighted by Gasteiger charge is -2.10. The highest BCUT2D eigenvalue weighted by atomic mass is 35.5. The highest BCUT2D eigenvalue weighted by molar-refractivity contribution is 6.30. The summed E-state index contributed by atoms with van der Waals surface area (Å²) in [5, 5.41) is 12.7. The van der Waals surface area contributed by atoms with E-state index in [1.165, 1.54) is 12.1 Å². The van der Waals surface area contributed by atoms with Crippen LogP contribution < -0.4 is 5.32 Å². The second-order valence-corrected chi connectivity index (χ2v) is 6.24. The average Bonchev–Trinajstić information content (AvgIpc) is 2.68. The van der Waals surface area contributed by atoms with Gasteiger partial charge in [-0.2, -0.15) is 0 Å². The van der Waals surface area contributed by atoms with Crippen LogP contribution >= 0.6 is 11.6 Å². The first-order valence-corrected chi connectivity index (χ1v) is 8.58. The molecule has 0 aliphatic carbocycles. The molecule has 0 saturated carbocycles. The summed E-state index contributed by atoms with van der Waals surface area (Å²) in [6, 6.07) is 21.4. The Morgan fingerprint density at radius 2 is 1.59 bits per heavy atom. The maximum absolute atomic E-state index is 12.3. The van der Waals surface area contributed by atoms with Crippen LogP contribution in [0.3, 0.4) is 0 Å². The van der Waals surface area contributed by atoms with Crippen molar-refractivity contribution in [1.29, 1.82) is 0 Å². The van der Waals surface area contributed by atoms with Crippen LogP contribution in [0, 0.1) is 0 Å². The molecule has 0 radical (unpaired) electrons. The molecule has 2 N–H and O–H groups in total. The molecule has 1 amide bonds. The highest BCUT2D eigenvalue weighted by Crippen LogP contribution is 2.26. The lowest BCUT2D eigenvalue weighted by atomic mass is 10.0. The van der Waals surface area contributed by atoms with Crippen LogP contribution in [0.15, 0.2) is 78.9 Å². The highest BCUT2D eigenvalue weighted by Gasteiger charge is 2.13. The van der Waals surface area contributed by atoms with Gasteiger partial charge in [0.05, 0.1) is 11.3 Å². The summed E-state index contributed by atoms with van der Waals surface area (Å²) in [7, 11) is 0. The van der Waals surface area contributed by atoms with E-state index in [1.54, 1.807) is 42.5 Å². The minimum atomic E-state index is -1.11. The Hall–Kier alpha value is -3.37. The summed E-state index contributed by atoms with van der Waals surface area (Å²) < 4.78 is 0. The van der Waals surface area contributed by atoms with Gasteiger partial charge in [0, 0.05) is 11.1 Å². The monoisotopic (exact) mass is 377 g/mol. The summed E-state index contributed by atoms with van der Waals surface area (Å²) >= 11 is 5.84. The summed E-state index contributed by atoms with van der Waals surface area (Å²) in [4.78, 5) is 23.7. The number of rotatable bonds is 5. The minimum absolute atomic E-state index is 0.0305. The van der Waals surface area contributed by atoms with Crippen LogP contribution in [0.5, 0.6) is 0 Å². The number of benzene rings is 3. The van der Waals surface area contributed by atoms with Crippen molar-refractivity contribution < 1.29 is 14.7 Å². The van der Waals surface area contributed by atoms with E-state index in [2.05, 4.69) is 5.32 Å². The van der Waals surface area contributed by atoms with E-state index in [0.29, 0.717) is 5.02 Å². The molecule has 3 aromatic rings. The first-order chi connectivity index (χ1) is 13.0. The van der Waals surface area contributed by atoms with E-state index in [9.17, 15) is 14.7 Å². The molecule has 0 unspecified atom stereocenters. The van der Waals surface area contributed by atoms with Crippen LogP contribution in [-0.4, -0.2) is 17.0 Å². The Bertz CT molecular complexity index is 996. The van der Waals surface area contributed by atoms with E-state index >= 15 is 0 Å². The molecule has 5 heteroatoms. The number of halogens is 1. The van der Waals surface area contributed by atoms with Gasteiger partial charge in [0.1, 0.15) is 0 Å². The Morgan fingerprint density at radius 1 is 0.889 bits per heavy atom. The number of anilines is 1. The van der Waals surface area contributed by atoms with Crippen molar-refractivity contribution in [3.05, 3.63) is 95.0 Å². The summed E-state index contributed by atoms with van der Waals surface area (Å²) in [6.45, 7) is 0. The number of amides is 1. The Balaban J connectivity index is 1.84. The SMILES string of the molecule is O=C(/C=C/c1ccc(Cl)cc1)Nc1cc(-c2ccccc2)ccc1C(=O)O. The smallest absolute Gasteiger partial charge is 0.337 e.